The van der Waals surface area contributed by atoms with E-state index in [-0.39, 0.29) is 0 Å². The monoisotopic (exact) mass is 305 g/mol. The lowest BCUT2D eigenvalue weighted by molar-refractivity contribution is 0.311. The van der Waals surface area contributed by atoms with E-state index in [2.05, 4.69) is 22.5 Å². The summed E-state index contributed by atoms with van der Waals surface area (Å²) in [7, 11) is 1.65. The molecular formula is C17H27N3O2. The molecule has 0 aromatic heterocycles. The first-order valence-electron chi connectivity index (χ1n) is 8.13. The van der Waals surface area contributed by atoms with Gasteiger partial charge in [0.1, 0.15) is 0 Å². The molecule has 1 aliphatic rings. The van der Waals surface area contributed by atoms with Crippen LogP contribution in [0.3, 0.4) is 0 Å². The molecule has 0 bridgehead atoms. The molecule has 1 aromatic rings. The number of aliphatic imine (C=N–C) groups is 1. The van der Waals surface area contributed by atoms with Gasteiger partial charge in [-0.05, 0) is 38.3 Å². The van der Waals surface area contributed by atoms with Crippen LogP contribution in [0.25, 0.3) is 0 Å². The van der Waals surface area contributed by atoms with E-state index in [0.717, 1.165) is 42.2 Å². The summed E-state index contributed by atoms with van der Waals surface area (Å²) in [6.07, 6.45) is 3.93. The Morgan fingerprint density at radius 3 is 2.73 bits per heavy atom. The number of guanidine groups is 1. The maximum atomic E-state index is 5.61. The number of hydrogen-bond acceptors (Lipinski definition) is 3. The predicted molar refractivity (Wildman–Crippen MR) is 91.1 cm³/mol. The zero-order valence-electron chi connectivity index (χ0n) is 13.8. The molecule has 5 nitrogen and oxygen atoms in total. The third-order valence-electron chi connectivity index (χ3n) is 3.57. The average molecular weight is 305 g/mol. The third kappa shape index (κ3) is 5.13. The maximum absolute atomic E-state index is 5.61. The number of nitrogens with zero attached hydrogens (tertiary/aromatic N) is 1. The topological polar surface area (TPSA) is 54.9 Å². The highest BCUT2D eigenvalue weighted by Gasteiger charge is 2.20. The minimum absolute atomic E-state index is 0.607. The van der Waals surface area contributed by atoms with Gasteiger partial charge < -0.3 is 20.1 Å². The summed E-state index contributed by atoms with van der Waals surface area (Å²) in [6.45, 7) is 6.34. The van der Waals surface area contributed by atoms with Crippen molar-refractivity contribution in [2.45, 2.75) is 33.1 Å². The van der Waals surface area contributed by atoms with Gasteiger partial charge in [-0.25, -0.2) is 0 Å². The van der Waals surface area contributed by atoms with E-state index < -0.39 is 0 Å². The van der Waals surface area contributed by atoms with Crippen LogP contribution in [0.2, 0.25) is 0 Å². The summed E-state index contributed by atoms with van der Waals surface area (Å²) in [6, 6.07) is 5.81. The fourth-order valence-corrected chi connectivity index (χ4v) is 2.23. The minimum Gasteiger partial charge on any atom is -0.493 e. The van der Waals surface area contributed by atoms with Crippen LogP contribution in [-0.4, -0.2) is 32.8 Å². The number of nitrogens with one attached hydrogen (secondary N) is 2. The first-order chi connectivity index (χ1) is 10.8. The highest BCUT2D eigenvalue weighted by Crippen LogP contribution is 2.32. The second kappa shape index (κ2) is 8.51. The summed E-state index contributed by atoms with van der Waals surface area (Å²) < 4.78 is 10.9. The van der Waals surface area contributed by atoms with Gasteiger partial charge in [-0.2, -0.15) is 0 Å². The molecule has 0 aliphatic heterocycles. The lowest BCUT2D eigenvalue weighted by atomic mass is 10.2. The van der Waals surface area contributed by atoms with Crippen molar-refractivity contribution < 1.29 is 9.47 Å². The molecule has 0 spiro atoms. The van der Waals surface area contributed by atoms with Crippen molar-refractivity contribution in [1.29, 1.82) is 0 Å². The fourth-order valence-electron chi connectivity index (χ4n) is 2.23. The SMILES string of the molecule is CCNC(=NCCC1CC1)Nc1ccc(OC)c(OCC)c1. The molecule has 22 heavy (non-hydrogen) atoms. The molecule has 0 heterocycles. The van der Waals surface area contributed by atoms with Crippen LogP contribution in [0, 0.1) is 5.92 Å². The quantitative estimate of drug-likeness (QED) is 0.572. The third-order valence-corrected chi connectivity index (χ3v) is 3.57. The van der Waals surface area contributed by atoms with Gasteiger partial charge in [-0.1, -0.05) is 12.8 Å². The van der Waals surface area contributed by atoms with E-state index in [4.69, 9.17) is 9.47 Å². The normalized spacial score (nSPS) is 14.6. The summed E-state index contributed by atoms with van der Waals surface area (Å²) in [5, 5.41) is 6.60. The van der Waals surface area contributed by atoms with E-state index in [1.54, 1.807) is 7.11 Å². The van der Waals surface area contributed by atoms with E-state index >= 15 is 0 Å². The molecule has 2 rings (SSSR count). The first kappa shape index (κ1) is 16.5. The smallest absolute Gasteiger partial charge is 0.195 e. The minimum atomic E-state index is 0.607. The Morgan fingerprint density at radius 2 is 2.09 bits per heavy atom. The standard InChI is InChI=1S/C17H27N3O2/c1-4-18-17(19-11-10-13-6-7-13)20-14-8-9-15(21-3)16(12-14)22-5-2/h8-9,12-13H,4-7,10-11H2,1-3H3,(H2,18,19,20). The highest BCUT2D eigenvalue weighted by atomic mass is 16.5. The van der Waals surface area contributed by atoms with Gasteiger partial charge in [-0.3, -0.25) is 4.99 Å². The number of rotatable bonds is 8. The van der Waals surface area contributed by atoms with E-state index in [0.29, 0.717) is 6.61 Å². The molecule has 0 radical (unpaired) electrons. The van der Waals surface area contributed by atoms with E-state index in [1.807, 2.05) is 25.1 Å². The maximum Gasteiger partial charge on any atom is 0.195 e. The predicted octanol–water partition coefficient (Wildman–Crippen LogP) is 3.27. The Hall–Kier alpha value is -1.91. The number of methoxy groups -OCH3 is 1. The Morgan fingerprint density at radius 1 is 1.27 bits per heavy atom. The van der Waals surface area contributed by atoms with Crippen LogP contribution in [0.15, 0.2) is 23.2 Å². The van der Waals surface area contributed by atoms with Crippen LogP contribution in [-0.2, 0) is 0 Å². The number of hydrogen-bond donors (Lipinski definition) is 2. The van der Waals surface area contributed by atoms with Crippen molar-refractivity contribution in [2.24, 2.45) is 10.9 Å². The Labute approximate surface area is 133 Å². The van der Waals surface area contributed by atoms with Gasteiger partial charge in [0.2, 0.25) is 0 Å². The molecule has 0 saturated heterocycles. The Balaban J connectivity index is 2.02. The van der Waals surface area contributed by atoms with Crippen LogP contribution < -0.4 is 20.1 Å². The molecule has 1 fully saturated rings. The summed E-state index contributed by atoms with van der Waals surface area (Å²) in [5.74, 6) is 3.19. The summed E-state index contributed by atoms with van der Waals surface area (Å²) in [4.78, 5) is 4.63. The van der Waals surface area contributed by atoms with Crippen molar-refractivity contribution in [1.82, 2.24) is 5.32 Å². The van der Waals surface area contributed by atoms with Crippen LogP contribution >= 0.6 is 0 Å². The first-order valence-corrected chi connectivity index (χ1v) is 8.13. The number of benzene rings is 1. The lowest BCUT2D eigenvalue weighted by Gasteiger charge is -2.14. The van der Waals surface area contributed by atoms with Gasteiger partial charge >= 0.3 is 0 Å². The van der Waals surface area contributed by atoms with Crippen molar-refractivity contribution in [3.63, 3.8) is 0 Å². The van der Waals surface area contributed by atoms with Crippen molar-refractivity contribution >= 4 is 11.6 Å². The molecule has 1 aliphatic carbocycles. The lowest BCUT2D eigenvalue weighted by Crippen LogP contribution is -2.30. The molecule has 0 unspecified atom stereocenters. The number of anilines is 1. The van der Waals surface area contributed by atoms with Crippen LogP contribution in [0.4, 0.5) is 5.69 Å². The largest absolute Gasteiger partial charge is 0.493 e. The summed E-state index contributed by atoms with van der Waals surface area (Å²) in [5.41, 5.74) is 0.940. The second-order valence-corrected chi connectivity index (χ2v) is 5.42. The average Bonchev–Trinajstić information content (AvgIpc) is 3.32. The number of ether oxygens (including phenoxy) is 2. The molecule has 1 saturated carbocycles. The molecule has 0 amide bonds. The second-order valence-electron chi connectivity index (χ2n) is 5.42. The molecule has 5 heteroatoms. The Kier molecular flexibility index (Phi) is 6.37. The van der Waals surface area contributed by atoms with Crippen molar-refractivity contribution in [2.75, 3.05) is 32.1 Å². The van der Waals surface area contributed by atoms with Gasteiger partial charge in [0.25, 0.3) is 0 Å². The molecule has 1 aromatic carbocycles. The molecular weight excluding hydrogens is 278 g/mol. The fraction of sp³-hybridized carbons (Fsp3) is 0.588. The Bertz CT molecular complexity index is 499. The van der Waals surface area contributed by atoms with Crippen LogP contribution in [0.1, 0.15) is 33.1 Å². The van der Waals surface area contributed by atoms with Crippen molar-refractivity contribution in [3.05, 3.63) is 18.2 Å². The van der Waals surface area contributed by atoms with Crippen LogP contribution in [0.5, 0.6) is 11.5 Å². The van der Waals surface area contributed by atoms with Gasteiger partial charge in [0.05, 0.1) is 13.7 Å². The molecule has 2 N–H and O–H groups in total. The van der Waals surface area contributed by atoms with E-state index in [9.17, 15) is 0 Å². The zero-order valence-corrected chi connectivity index (χ0v) is 13.8. The van der Waals surface area contributed by atoms with Gasteiger partial charge in [0, 0.05) is 24.8 Å². The summed E-state index contributed by atoms with van der Waals surface area (Å²) >= 11 is 0. The zero-order chi connectivity index (χ0) is 15.8. The highest BCUT2D eigenvalue weighted by molar-refractivity contribution is 5.93. The van der Waals surface area contributed by atoms with Crippen molar-refractivity contribution in [3.8, 4) is 11.5 Å². The van der Waals surface area contributed by atoms with E-state index in [1.165, 1.54) is 19.3 Å². The molecule has 122 valence electrons. The van der Waals surface area contributed by atoms with Gasteiger partial charge in [-0.15, -0.1) is 0 Å². The van der Waals surface area contributed by atoms with Gasteiger partial charge in [0.15, 0.2) is 17.5 Å². The molecule has 0 atom stereocenters.